The first-order valence-electron chi connectivity index (χ1n) is 8.75. The summed E-state index contributed by atoms with van der Waals surface area (Å²) >= 11 is 0. The first-order chi connectivity index (χ1) is 10.1. The lowest BCUT2D eigenvalue weighted by atomic mass is 9.70. The lowest BCUT2D eigenvalue weighted by molar-refractivity contribution is -0.126. The van der Waals surface area contributed by atoms with Crippen LogP contribution in [0.1, 0.15) is 69.4 Å². The van der Waals surface area contributed by atoms with E-state index in [1.807, 2.05) is 0 Å². The predicted octanol–water partition coefficient (Wildman–Crippen LogP) is 5.14. The van der Waals surface area contributed by atoms with E-state index in [9.17, 15) is 4.79 Å². The van der Waals surface area contributed by atoms with E-state index in [2.05, 4.69) is 38.1 Å². The number of carbonyl (C=O) groups is 1. The van der Waals surface area contributed by atoms with Gasteiger partial charge in [0.05, 0.1) is 0 Å². The normalized spacial score (nSPS) is 29.5. The van der Waals surface area contributed by atoms with E-state index < -0.39 is 0 Å². The molecule has 1 saturated carbocycles. The van der Waals surface area contributed by atoms with Crippen LogP contribution in [0.2, 0.25) is 0 Å². The van der Waals surface area contributed by atoms with Crippen LogP contribution in [0.3, 0.4) is 0 Å². The fourth-order valence-electron chi connectivity index (χ4n) is 4.42. The molecule has 1 aromatic carbocycles. The van der Waals surface area contributed by atoms with Crippen LogP contribution >= 0.6 is 0 Å². The summed E-state index contributed by atoms with van der Waals surface area (Å²) in [5, 5.41) is 0. The number of hydrogen-bond donors (Lipinski definition) is 0. The zero-order valence-electron chi connectivity index (χ0n) is 13.5. The third kappa shape index (κ3) is 3.22. The van der Waals surface area contributed by atoms with E-state index in [1.54, 1.807) is 0 Å². The van der Waals surface area contributed by atoms with Gasteiger partial charge in [-0.15, -0.1) is 0 Å². The van der Waals surface area contributed by atoms with Crippen molar-refractivity contribution in [3.8, 4) is 0 Å². The van der Waals surface area contributed by atoms with Gasteiger partial charge in [0.25, 0.3) is 0 Å². The Bertz CT molecular complexity index is 502. The SMILES string of the molecule is CC(C)C1CCC(=O)C(CC2CCCc3ccccc32)C1. The third-order valence-corrected chi connectivity index (χ3v) is 5.81. The van der Waals surface area contributed by atoms with Gasteiger partial charge >= 0.3 is 0 Å². The standard InChI is InChI=1S/C20H28O/c1-14(2)16-10-11-20(21)18(12-16)13-17-8-5-7-15-6-3-4-9-19(15)17/h3-4,6,9,14,16-18H,5,7-8,10-13H2,1-2H3. The maximum Gasteiger partial charge on any atom is 0.136 e. The Hall–Kier alpha value is -1.11. The summed E-state index contributed by atoms with van der Waals surface area (Å²) in [5.41, 5.74) is 3.06. The topological polar surface area (TPSA) is 17.1 Å². The minimum Gasteiger partial charge on any atom is -0.299 e. The maximum atomic E-state index is 12.3. The van der Waals surface area contributed by atoms with E-state index in [-0.39, 0.29) is 0 Å². The van der Waals surface area contributed by atoms with Crippen molar-refractivity contribution in [2.75, 3.05) is 0 Å². The van der Waals surface area contributed by atoms with E-state index in [1.165, 1.54) is 30.4 Å². The van der Waals surface area contributed by atoms with E-state index in [0.29, 0.717) is 17.6 Å². The molecule has 0 amide bonds. The van der Waals surface area contributed by atoms with Gasteiger partial charge in [-0.05, 0) is 67.4 Å². The van der Waals surface area contributed by atoms with Crippen molar-refractivity contribution in [1.29, 1.82) is 0 Å². The molecule has 0 spiro atoms. The Balaban J connectivity index is 1.73. The summed E-state index contributed by atoms with van der Waals surface area (Å²) in [6.45, 7) is 4.63. The van der Waals surface area contributed by atoms with Gasteiger partial charge in [0.1, 0.15) is 5.78 Å². The van der Waals surface area contributed by atoms with Crippen molar-refractivity contribution in [3.63, 3.8) is 0 Å². The molecule has 3 atom stereocenters. The Labute approximate surface area is 129 Å². The molecule has 0 heterocycles. The summed E-state index contributed by atoms with van der Waals surface area (Å²) in [5.74, 6) is 2.96. The second kappa shape index (κ2) is 6.34. The summed E-state index contributed by atoms with van der Waals surface area (Å²) in [7, 11) is 0. The average molecular weight is 284 g/mol. The van der Waals surface area contributed by atoms with Crippen LogP contribution < -0.4 is 0 Å². The Morgan fingerprint density at radius 2 is 1.90 bits per heavy atom. The van der Waals surface area contributed by atoms with Crippen molar-refractivity contribution in [1.82, 2.24) is 0 Å². The third-order valence-electron chi connectivity index (χ3n) is 5.81. The average Bonchev–Trinajstić information content (AvgIpc) is 2.49. The minimum absolute atomic E-state index is 0.322. The number of fused-ring (bicyclic) bond motifs is 1. The molecule has 0 aromatic heterocycles. The fourth-order valence-corrected chi connectivity index (χ4v) is 4.42. The zero-order valence-corrected chi connectivity index (χ0v) is 13.5. The number of Topliss-reactive ketones (excluding diaryl/α,β-unsaturated/α-hetero) is 1. The Morgan fingerprint density at radius 1 is 1.10 bits per heavy atom. The molecular formula is C20H28O. The number of benzene rings is 1. The lowest BCUT2D eigenvalue weighted by Crippen LogP contribution is -2.29. The molecule has 1 aromatic rings. The van der Waals surface area contributed by atoms with Gasteiger partial charge in [0.2, 0.25) is 0 Å². The predicted molar refractivity (Wildman–Crippen MR) is 87.4 cm³/mol. The van der Waals surface area contributed by atoms with Crippen LogP contribution in [-0.4, -0.2) is 5.78 Å². The molecule has 2 aliphatic carbocycles. The van der Waals surface area contributed by atoms with Gasteiger partial charge in [-0.3, -0.25) is 4.79 Å². The molecule has 0 radical (unpaired) electrons. The van der Waals surface area contributed by atoms with Gasteiger partial charge in [0, 0.05) is 12.3 Å². The quantitative estimate of drug-likeness (QED) is 0.751. The molecule has 3 unspecified atom stereocenters. The van der Waals surface area contributed by atoms with Crippen LogP contribution in [0.4, 0.5) is 0 Å². The Kier molecular flexibility index (Phi) is 4.47. The number of carbonyl (C=O) groups excluding carboxylic acids is 1. The Morgan fingerprint density at radius 3 is 2.71 bits per heavy atom. The minimum atomic E-state index is 0.322. The second-order valence-electron chi connectivity index (χ2n) is 7.47. The van der Waals surface area contributed by atoms with Crippen molar-refractivity contribution in [2.24, 2.45) is 17.8 Å². The van der Waals surface area contributed by atoms with Gasteiger partial charge in [-0.1, -0.05) is 38.1 Å². The van der Waals surface area contributed by atoms with Gasteiger partial charge in [-0.25, -0.2) is 0 Å². The molecule has 0 N–H and O–H groups in total. The summed E-state index contributed by atoms with van der Waals surface area (Å²) in [4.78, 5) is 12.3. The van der Waals surface area contributed by atoms with Gasteiger partial charge in [-0.2, -0.15) is 0 Å². The number of rotatable bonds is 3. The number of ketones is 1. The monoisotopic (exact) mass is 284 g/mol. The molecule has 114 valence electrons. The van der Waals surface area contributed by atoms with Gasteiger partial charge < -0.3 is 0 Å². The highest BCUT2D eigenvalue weighted by molar-refractivity contribution is 5.81. The largest absolute Gasteiger partial charge is 0.299 e. The molecule has 1 fully saturated rings. The van der Waals surface area contributed by atoms with Crippen molar-refractivity contribution in [3.05, 3.63) is 35.4 Å². The van der Waals surface area contributed by atoms with Crippen LogP contribution in [0.5, 0.6) is 0 Å². The summed E-state index contributed by atoms with van der Waals surface area (Å²) in [6, 6.07) is 8.89. The van der Waals surface area contributed by atoms with E-state index in [4.69, 9.17) is 0 Å². The zero-order chi connectivity index (χ0) is 14.8. The molecule has 0 bridgehead atoms. The van der Waals surface area contributed by atoms with Crippen molar-refractivity contribution >= 4 is 5.78 Å². The van der Waals surface area contributed by atoms with Crippen LogP contribution in [-0.2, 0) is 11.2 Å². The van der Waals surface area contributed by atoms with Crippen LogP contribution in [0.25, 0.3) is 0 Å². The fraction of sp³-hybridized carbons (Fsp3) is 0.650. The highest BCUT2D eigenvalue weighted by atomic mass is 16.1. The van der Waals surface area contributed by atoms with Crippen molar-refractivity contribution < 1.29 is 4.79 Å². The molecule has 21 heavy (non-hydrogen) atoms. The summed E-state index contributed by atoms with van der Waals surface area (Å²) < 4.78 is 0. The second-order valence-corrected chi connectivity index (χ2v) is 7.47. The van der Waals surface area contributed by atoms with Crippen LogP contribution in [0.15, 0.2) is 24.3 Å². The first-order valence-corrected chi connectivity index (χ1v) is 8.75. The molecule has 1 nitrogen and oxygen atoms in total. The smallest absolute Gasteiger partial charge is 0.136 e. The van der Waals surface area contributed by atoms with Crippen LogP contribution in [0, 0.1) is 17.8 Å². The number of hydrogen-bond acceptors (Lipinski definition) is 1. The highest BCUT2D eigenvalue weighted by Gasteiger charge is 2.33. The lowest BCUT2D eigenvalue weighted by Gasteiger charge is -2.34. The van der Waals surface area contributed by atoms with Crippen molar-refractivity contribution in [2.45, 2.75) is 64.7 Å². The molecule has 0 aliphatic heterocycles. The molecular weight excluding hydrogens is 256 g/mol. The van der Waals surface area contributed by atoms with Gasteiger partial charge in [0.15, 0.2) is 0 Å². The highest BCUT2D eigenvalue weighted by Crippen LogP contribution is 2.41. The van der Waals surface area contributed by atoms with E-state index in [0.717, 1.165) is 37.5 Å². The summed E-state index contributed by atoms with van der Waals surface area (Å²) in [6.07, 6.45) is 7.95. The maximum absolute atomic E-state index is 12.3. The molecule has 3 rings (SSSR count). The molecule has 0 saturated heterocycles. The first kappa shape index (κ1) is 14.8. The van der Waals surface area contributed by atoms with E-state index >= 15 is 0 Å². The number of aryl methyl sites for hydroxylation is 1. The molecule has 2 aliphatic rings. The molecule has 1 heteroatoms.